The van der Waals surface area contributed by atoms with E-state index in [1.807, 2.05) is 48.5 Å². The molecule has 0 unspecified atom stereocenters. The Kier molecular flexibility index (Phi) is 5.30. The number of nitrogens with zero attached hydrogens (tertiary/aromatic N) is 6. The van der Waals surface area contributed by atoms with Crippen molar-refractivity contribution in [3.8, 4) is 16.4 Å². The van der Waals surface area contributed by atoms with Crippen LogP contribution in [0.25, 0.3) is 16.4 Å². The minimum atomic E-state index is -0.440. The fraction of sp³-hybridized carbons (Fsp3) is 0. The van der Waals surface area contributed by atoms with Crippen molar-refractivity contribution in [2.45, 2.75) is 0 Å². The maximum Gasteiger partial charge on any atom is 0.269 e. The minimum absolute atomic E-state index is 0.00937. The largest absolute Gasteiger partial charge is 0.269 e. The van der Waals surface area contributed by atoms with Crippen LogP contribution in [0.5, 0.6) is 0 Å². The topological polar surface area (TPSA) is 98.6 Å². The van der Waals surface area contributed by atoms with Crippen molar-refractivity contribution in [2.24, 2.45) is 10.2 Å². The molecule has 9 heteroatoms. The zero-order chi connectivity index (χ0) is 20.1. The highest BCUT2D eigenvalue weighted by Gasteiger charge is 2.11. The summed E-state index contributed by atoms with van der Waals surface area (Å²) >= 11 is 1.33. The Labute approximate surface area is 169 Å². The third-order valence-corrected chi connectivity index (χ3v) is 4.82. The lowest BCUT2D eigenvalue weighted by Crippen LogP contribution is -2.13. The van der Waals surface area contributed by atoms with Gasteiger partial charge in [0.15, 0.2) is 5.01 Å². The van der Waals surface area contributed by atoms with Crippen LogP contribution in [-0.4, -0.2) is 25.9 Å². The van der Waals surface area contributed by atoms with Crippen molar-refractivity contribution in [2.75, 3.05) is 0 Å². The number of nitro groups is 1. The van der Waals surface area contributed by atoms with Crippen LogP contribution >= 0.6 is 11.3 Å². The number of aromatic nitrogens is 3. The maximum atomic E-state index is 10.9. The molecule has 0 aliphatic carbocycles. The standard InChI is InChI=1S/C20H14N6O2S/c27-26(28)17-11-9-16(10-12-17)25-20(23-22-14-15-6-2-1-3-7-15)29-19(24-25)18-8-4-5-13-21-18/h1-14H/b22-14+,23-20+. The third kappa shape index (κ3) is 4.30. The highest BCUT2D eigenvalue weighted by molar-refractivity contribution is 7.12. The van der Waals surface area contributed by atoms with E-state index in [1.54, 1.807) is 29.2 Å². The molecule has 4 rings (SSSR count). The molecule has 2 aromatic heterocycles. The van der Waals surface area contributed by atoms with Gasteiger partial charge in [-0.1, -0.05) is 47.7 Å². The van der Waals surface area contributed by atoms with Crippen molar-refractivity contribution in [3.63, 3.8) is 0 Å². The van der Waals surface area contributed by atoms with Crippen LogP contribution in [0.1, 0.15) is 5.56 Å². The molecule has 4 aromatic rings. The molecule has 0 fully saturated rings. The lowest BCUT2D eigenvalue weighted by atomic mass is 10.2. The van der Waals surface area contributed by atoms with Gasteiger partial charge in [0.2, 0.25) is 4.80 Å². The number of hydrogen-bond donors (Lipinski definition) is 0. The van der Waals surface area contributed by atoms with Crippen molar-refractivity contribution < 1.29 is 4.92 Å². The SMILES string of the molecule is O=[N+]([O-])c1ccc(-n2nc(-c3ccccn3)s/c2=N/N=C/c2ccccc2)cc1. The van der Waals surface area contributed by atoms with E-state index < -0.39 is 4.92 Å². The first-order chi connectivity index (χ1) is 14.2. The molecular weight excluding hydrogens is 388 g/mol. The molecule has 0 N–H and O–H groups in total. The summed E-state index contributed by atoms with van der Waals surface area (Å²) < 4.78 is 1.60. The Balaban J connectivity index is 1.78. The molecule has 2 aromatic carbocycles. The number of rotatable bonds is 5. The van der Waals surface area contributed by atoms with Gasteiger partial charge >= 0.3 is 0 Å². The Bertz CT molecular complexity index is 1220. The lowest BCUT2D eigenvalue weighted by Gasteiger charge is -2.00. The van der Waals surface area contributed by atoms with Crippen LogP contribution in [0.15, 0.2) is 89.2 Å². The van der Waals surface area contributed by atoms with Gasteiger partial charge in [-0.25, -0.2) is 4.68 Å². The molecule has 0 saturated carbocycles. The smallest absolute Gasteiger partial charge is 0.258 e. The molecule has 2 heterocycles. The molecule has 8 nitrogen and oxygen atoms in total. The minimum Gasteiger partial charge on any atom is -0.258 e. The number of hydrogen-bond acceptors (Lipinski definition) is 7. The van der Waals surface area contributed by atoms with Gasteiger partial charge < -0.3 is 0 Å². The van der Waals surface area contributed by atoms with E-state index in [4.69, 9.17) is 0 Å². The number of benzene rings is 2. The van der Waals surface area contributed by atoms with E-state index in [1.165, 1.54) is 23.5 Å². The van der Waals surface area contributed by atoms with Crippen LogP contribution in [0.3, 0.4) is 0 Å². The Hall–Kier alpha value is -3.98. The van der Waals surface area contributed by atoms with E-state index in [0.717, 1.165) is 5.56 Å². The predicted octanol–water partition coefficient (Wildman–Crippen LogP) is 3.84. The summed E-state index contributed by atoms with van der Waals surface area (Å²) in [7, 11) is 0. The van der Waals surface area contributed by atoms with Crippen LogP contribution < -0.4 is 4.80 Å². The molecule has 0 spiro atoms. The zero-order valence-electron chi connectivity index (χ0n) is 15.0. The molecule has 0 amide bonds. The fourth-order valence-corrected chi connectivity index (χ4v) is 3.35. The summed E-state index contributed by atoms with van der Waals surface area (Å²) in [4.78, 5) is 15.3. The highest BCUT2D eigenvalue weighted by Crippen LogP contribution is 2.19. The second-order valence-corrected chi connectivity index (χ2v) is 6.80. The normalized spacial score (nSPS) is 11.8. The van der Waals surface area contributed by atoms with Crippen LogP contribution in [-0.2, 0) is 0 Å². The lowest BCUT2D eigenvalue weighted by molar-refractivity contribution is -0.384. The molecule has 0 aliphatic heterocycles. The molecular formula is C20H14N6O2S. The van der Waals surface area contributed by atoms with Crippen LogP contribution in [0.4, 0.5) is 5.69 Å². The Morgan fingerprint density at radius 2 is 1.76 bits per heavy atom. The monoisotopic (exact) mass is 402 g/mol. The van der Waals surface area contributed by atoms with E-state index >= 15 is 0 Å². The Morgan fingerprint density at radius 1 is 1.00 bits per heavy atom. The molecule has 0 bridgehead atoms. The van der Waals surface area contributed by atoms with Crippen LogP contribution in [0, 0.1) is 10.1 Å². The first-order valence-corrected chi connectivity index (χ1v) is 9.41. The second-order valence-electron chi connectivity index (χ2n) is 5.85. The maximum absolute atomic E-state index is 10.9. The zero-order valence-corrected chi connectivity index (χ0v) is 15.8. The fourth-order valence-electron chi connectivity index (χ4n) is 2.51. The summed E-state index contributed by atoms with van der Waals surface area (Å²) in [5.74, 6) is 0. The quantitative estimate of drug-likeness (QED) is 0.288. The van der Waals surface area contributed by atoms with Gasteiger partial charge in [0.05, 0.1) is 16.8 Å². The van der Waals surface area contributed by atoms with Crippen molar-refractivity contribution in [1.29, 1.82) is 0 Å². The average Bonchev–Trinajstić information content (AvgIpc) is 3.19. The number of non-ortho nitro benzene ring substituents is 1. The third-order valence-electron chi connectivity index (χ3n) is 3.90. The van der Waals surface area contributed by atoms with Gasteiger partial charge in [-0.05, 0) is 29.8 Å². The summed E-state index contributed by atoms with van der Waals surface area (Å²) in [6.45, 7) is 0. The first-order valence-electron chi connectivity index (χ1n) is 8.59. The van der Waals surface area contributed by atoms with Gasteiger partial charge in [0.25, 0.3) is 5.69 Å². The van der Waals surface area contributed by atoms with Crippen molar-refractivity contribution in [3.05, 3.63) is 99.5 Å². The predicted molar refractivity (Wildman–Crippen MR) is 111 cm³/mol. The molecule has 0 saturated heterocycles. The van der Waals surface area contributed by atoms with Gasteiger partial charge in [-0.2, -0.15) is 10.2 Å². The summed E-state index contributed by atoms with van der Waals surface area (Å²) in [6.07, 6.45) is 3.34. The molecule has 142 valence electrons. The summed E-state index contributed by atoms with van der Waals surface area (Å²) in [5, 5.41) is 24.7. The summed E-state index contributed by atoms with van der Waals surface area (Å²) in [6, 6.07) is 21.3. The molecule has 0 aliphatic rings. The van der Waals surface area contributed by atoms with Crippen molar-refractivity contribution >= 4 is 23.2 Å². The van der Waals surface area contributed by atoms with Gasteiger partial charge in [-0.3, -0.25) is 15.1 Å². The second kappa shape index (κ2) is 8.36. The van der Waals surface area contributed by atoms with Crippen molar-refractivity contribution in [1.82, 2.24) is 14.8 Å². The van der Waals surface area contributed by atoms with E-state index in [0.29, 0.717) is 21.2 Å². The van der Waals surface area contributed by atoms with E-state index in [-0.39, 0.29) is 5.69 Å². The molecule has 0 atom stereocenters. The highest BCUT2D eigenvalue weighted by atomic mass is 32.1. The van der Waals surface area contributed by atoms with Gasteiger partial charge in [-0.15, -0.1) is 5.10 Å². The van der Waals surface area contributed by atoms with Gasteiger partial charge in [0.1, 0.15) is 5.69 Å². The van der Waals surface area contributed by atoms with E-state index in [9.17, 15) is 10.1 Å². The molecule has 0 radical (unpaired) electrons. The number of nitro benzene ring substituents is 1. The van der Waals surface area contributed by atoms with Gasteiger partial charge in [0, 0.05) is 18.3 Å². The Morgan fingerprint density at radius 3 is 2.45 bits per heavy atom. The van der Waals surface area contributed by atoms with E-state index in [2.05, 4.69) is 20.3 Å². The molecule has 29 heavy (non-hydrogen) atoms. The number of pyridine rings is 1. The first kappa shape index (κ1) is 18.4. The average molecular weight is 402 g/mol. The van der Waals surface area contributed by atoms with Crippen LogP contribution in [0.2, 0.25) is 0 Å². The summed E-state index contributed by atoms with van der Waals surface area (Å²) in [5.41, 5.74) is 2.28.